The Balaban J connectivity index is 2.40. The highest BCUT2D eigenvalue weighted by molar-refractivity contribution is 5.75. The molecule has 0 aromatic heterocycles. The van der Waals surface area contributed by atoms with Crippen molar-refractivity contribution in [1.29, 1.82) is 0 Å². The van der Waals surface area contributed by atoms with Crippen molar-refractivity contribution in [2.24, 2.45) is 5.41 Å². The van der Waals surface area contributed by atoms with Crippen LogP contribution in [0, 0.1) is 5.41 Å². The first-order valence-electron chi connectivity index (χ1n) is 5.59. The van der Waals surface area contributed by atoms with Crippen LogP contribution in [0.4, 0.5) is 0 Å². The lowest BCUT2D eigenvalue weighted by Crippen LogP contribution is -2.42. The first kappa shape index (κ1) is 13.4. The summed E-state index contributed by atoms with van der Waals surface area (Å²) in [5.41, 5.74) is -0.707. The monoisotopic (exact) mass is 231 g/mol. The van der Waals surface area contributed by atoms with Crippen LogP contribution in [0.5, 0.6) is 0 Å². The first-order valence-corrected chi connectivity index (χ1v) is 5.59. The molecular weight excluding hydrogens is 210 g/mol. The van der Waals surface area contributed by atoms with Crippen molar-refractivity contribution in [2.75, 3.05) is 47.1 Å². The minimum absolute atomic E-state index is 0.330. The van der Waals surface area contributed by atoms with Gasteiger partial charge in [0.15, 0.2) is 0 Å². The van der Waals surface area contributed by atoms with Gasteiger partial charge in [-0.25, -0.2) is 0 Å². The lowest BCUT2D eigenvalue weighted by molar-refractivity contribution is -0.150. The maximum atomic E-state index is 11.3. The van der Waals surface area contributed by atoms with Crippen LogP contribution in [-0.4, -0.2) is 63.0 Å². The lowest BCUT2D eigenvalue weighted by atomic mass is 9.87. The van der Waals surface area contributed by atoms with Crippen LogP contribution < -0.4 is 0 Å². The average molecular weight is 231 g/mol. The van der Waals surface area contributed by atoms with Crippen LogP contribution in [0.15, 0.2) is 0 Å². The Hall–Kier alpha value is -0.650. The molecule has 0 aromatic carbocycles. The highest BCUT2D eigenvalue weighted by Crippen LogP contribution is 2.29. The van der Waals surface area contributed by atoms with E-state index in [1.165, 1.54) is 0 Å². The molecule has 16 heavy (non-hydrogen) atoms. The molecule has 0 amide bonds. The van der Waals surface area contributed by atoms with Gasteiger partial charge >= 0.3 is 5.97 Å². The predicted octanol–water partition coefficient (Wildman–Crippen LogP) is 0.446. The van der Waals surface area contributed by atoms with Crippen molar-refractivity contribution < 1.29 is 19.4 Å². The van der Waals surface area contributed by atoms with E-state index >= 15 is 0 Å². The van der Waals surface area contributed by atoms with Gasteiger partial charge in [0.2, 0.25) is 0 Å². The zero-order valence-electron chi connectivity index (χ0n) is 10.1. The number of carboxylic acid groups (broad SMARTS) is 1. The lowest BCUT2D eigenvalue weighted by Gasteiger charge is -2.28. The molecule has 0 spiro atoms. The second-order valence-corrected chi connectivity index (χ2v) is 4.47. The van der Waals surface area contributed by atoms with Gasteiger partial charge in [0.25, 0.3) is 0 Å². The summed E-state index contributed by atoms with van der Waals surface area (Å²) in [6, 6.07) is 0. The highest BCUT2D eigenvalue weighted by Gasteiger charge is 2.43. The van der Waals surface area contributed by atoms with Crippen molar-refractivity contribution in [2.45, 2.75) is 12.8 Å². The third-order valence-corrected chi connectivity index (χ3v) is 3.02. The third kappa shape index (κ3) is 3.43. The third-order valence-electron chi connectivity index (χ3n) is 3.02. The van der Waals surface area contributed by atoms with Crippen molar-refractivity contribution in [3.63, 3.8) is 0 Å². The molecule has 1 saturated heterocycles. The largest absolute Gasteiger partial charge is 0.481 e. The molecule has 5 nitrogen and oxygen atoms in total. The second kappa shape index (κ2) is 6.18. The van der Waals surface area contributed by atoms with Crippen molar-refractivity contribution >= 4 is 5.97 Å². The predicted molar refractivity (Wildman–Crippen MR) is 59.5 cm³/mol. The van der Waals surface area contributed by atoms with Gasteiger partial charge in [0.05, 0.1) is 6.61 Å². The maximum absolute atomic E-state index is 11.3. The molecule has 0 saturated carbocycles. The van der Waals surface area contributed by atoms with Crippen LogP contribution in [-0.2, 0) is 14.3 Å². The Kier molecular flexibility index (Phi) is 5.18. The van der Waals surface area contributed by atoms with E-state index in [9.17, 15) is 9.90 Å². The van der Waals surface area contributed by atoms with Gasteiger partial charge in [-0.1, -0.05) is 0 Å². The normalized spacial score (nSPS) is 25.2. The maximum Gasteiger partial charge on any atom is 0.313 e. The van der Waals surface area contributed by atoms with Gasteiger partial charge in [0, 0.05) is 33.4 Å². The van der Waals surface area contributed by atoms with Crippen LogP contribution >= 0.6 is 0 Å². The van der Waals surface area contributed by atoms with Gasteiger partial charge in [-0.2, -0.15) is 0 Å². The number of ether oxygens (including phenoxy) is 2. The van der Waals surface area contributed by atoms with E-state index in [2.05, 4.69) is 0 Å². The van der Waals surface area contributed by atoms with E-state index in [1.54, 1.807) is 7.11 Å². The zero-order valence-corrected chi connectivity index (χ0v) is 10.1. The molecule has 1 heterocycles. The fourth-order valence-corrected chi connectivity index (χ4v) is 2.04. The molecule has 94 valence electrons. The SMILES string of the molecule is COCCCN(C)CC1(C(=O)O)CCOC1. The molecule has 1 fully saturated rings. The molecule has 0 aliphatic carbocycles. The summed E-state index contributed by atoms with van der Waals surface area (Å²) in [6.07, 6.45) is 1.53. The van der Waals surface area contributed by atoms with Crippen LogP contribution in [0.2, 0.25) is 0 Å². The minimum Gasteiger partial charge on any atom is -0.481 e. The highest BCUT2D eigenvalue weighted by atomic mass is 16.5. The molecule has 1 atom stereocenters. The van der Waals surface area contributed by atoms with Crippen molar-refractivity contribution in [1.82, 2.24) is 4.90 Å². The standard InChI is InChI=1S/C11H21NO4/c1-12(5-3-6-15-2)8-11(10(13)14)4-7-16-9-11/h3-9H2,1-2H3,(H,13,14). The molecule has 1 unspecified atom stereocenters. The average Bonchev–Trinajstić information content (AvgIpc) is 2.68. The van der Waals surface area contributed by atoms with Crippen molar-refractivity contribution in [3.05, 3.63) is 0 Å². The van der Waals surface area contributed by atoms with Crippen LogP contribution in [0.25, 0.3) is 0 Å². The smallest absolute Gasteiger partial charge is 0.313 e. The number of carbonyl (C=O) groups is 1. The molecule has 5 heteroatoms. The molecule has 0 aromatic rings. The summed E-state index contributed by atoms with van der Waals surface area (Å²) in [7, 11) is 3.61. The fraction of sp³-hybridized carbons (Fsp3) is 0.909. The molecule has 0 radical (unpaired) electrons. The molecule has 1 N–H and O–H groups in total. The van der Waals surface area contributed by atoms with E-state index in [0.29, 0.717) is 32.8 Å². The number of methoxy groups -OCH3 is 1. The summed E-state index contributed by atoms with van der Waals surface area (Å²) in [4.78, 5) is 13.3. The quantitative estimate of drug-likeness (QED) is 0.644. The van der Waals surface area contributed by atoms with E-state index in [0.717, 1.165) is 13.0 Å². The van der Waals surface area contributed by atoms with Gasteiger partial charge < -0.3 is 19.5 Å². The number of rotatable bonds is 7. The molecular formula is C11H21NO4. The topological polar surface area (TPSA) is 59.0 Å². The number of nitrogens with zero attached hydrogens (tertiary/aromatic N) is 1. The van der Waals surface area contributed by atoms with Crippen LogP contribution in [0.1, 0.15) is 12.8 Å². The Bertz CT molecular complexity index is 226. The Morgan fingerprint density at radius 2 is 2.38 bits per heavy atom. The molecule has 1 rings (SSSR count). The van der Waals surface area contributed by atoms with Gasteiger partial charge in [0.1, 0.15) is 5.41 Å². The van der Waals surface area contributed by atoms with Gasteiger partial charge in [-0.15, -0.1) is 0 Å². The van der Waals surface area contributed by atoms with Gasteiger partial charge in [-0.05, 0) is 19.9 Å². The summed E-state index contributed by atoms with van der Waals surface area (Å²) < 4.78 is 10.2. The molecule has 1 aliphatic heterocycles. The summed E-state index contributed by atoms with van der Waals surface area (Å²) in [5.74, 6) is -0.747. The fourth-order valence-electron chi connectivity index (χ4n) is 2.04. The molecule has 0 bridgehead atoms. The second-order valence-electron chi connectivity index (χ2n) is 4.47. The van der Waals surface area contributed by atoms with Crippen molar-refractivity contribution in [3.8, 4) is 0 Å². The minimum atomic E-state index is -0.747. The summed E-state index contributed by atoms with van der Waals surface area (Å²) in [5, 5.41) is 9.25. The summed E-state index contributed by atoms with van der Waals surface area (Å²) >= 11 is 0. The van der Waals surface area contributed by atoms with E-state index < -0.39 is 11.4 Å². The zero-order chi connectivity index (χ0) is 12.0. The Morgan fingerprint density at radius 3 is 2.88 bits per heavy atom. The van der Waals surface area contributed by atoms with Gasteiger partial charge in [-0.3, -0.25) is 4.79 Å². The van der Waals surface area contributed by atoms with E-state index in [4.69, 9.17) is 9.47 Å². The van der Waals surface area contributed by atoms with E-state index in [-0.39, 0.29) is 0 Å². The summed E-state index contributed by atoms with van der Waals surface area (Å²) in [6.45, 7) is 2.99. The van der Waals surface area contributed by atoms with Crippen LogP contribution in [0.3, 0.4) is 0 Å². The number of carboxylic acids is 1. The Morgan fingerprint density at radius 1 is 1.62 bits per heavy atom. The number of hydrogen-bond acceptors (Lipinski definition) is 4. The molecule has 1 aliphatic rings. The number of aliphatic carboxylic acids is 1. The first-order chi connectivity index (χ1) is 7.60. The van der Waals surface area contributed by atoms with E-state index in [1.807, 2.05) is 11.9 Å². The number of hydrogen-bond donors (Lipinski definition) is 1. The Labute approximate surface area is 96.3 Å².